The van der Waals surface area contributed by atoms with Gasteiger partial charge in [0.2, 0.25) is 0 Å². The average molecular weight is 241 g/mol. The van der Waals surface area contributed by atoms with Gasteiger partial charge in [-0.05, 0) is 13.0 Å². The second-order valence-corrected chi connectivity index (χ2v) is 4.15. The van der Waals surface area contributed by atoms with Gasteiger partial charge in [0.1, 0.15) is 5.01 Å². The quantitative estimate of drug-likeness (QED) is 0.896. The molecule has 0 aliphatic heterocycles. The Morgan fingerprint density at radius 3 is 2.60 bits per heavy atom. The first-order valence-corrected chi connectivity index (χ1v) is 5.42. The van der Waals surface area contributed by atoms with Gasteiger partial charge in [0, 0.05) is 16.6 Å². The second-order valence-electron chi connectivity index (χ2n) is 3.04. The number of aromatic nitrogens is 1. The van der Waals surface area contributed by atoms with Crippen LogP contribution in [0.25, 0.3) is 10.6 Å². The third-order valence-corrected chi connectivity index (χ3v) is 3.07. The molecular formula is C11H13ClN2S. The van der Waals surface area contributed by atoms with Crippen LogP contribution in [-0.4, -0.2) is 11.5 Å². The van der Waals surface area contributed by atoms with Crippen molar-refractivity contribution in [2.24, 2.45) is 5.73 Å². The summed E-state index contributed by atoms with van der Waals surface area (Å²) in [5.74, 6) is 0. The SMILES string of the molecule is Cl.NCCc1cnc(-c2ccccc2)s1. The zero-order valence-corrected chi connectivity index (χ0v) is 9.85. The van der Waals surface area contributed by atoms with Crippen molar-refractivity contribution in [2.45, 2.75) is 6.42 Å². The van der Waals surface area contributed by atoms with E-state index in [9.17, 15) is 0 Å². The predicted octanol–water partition coefficient (Wildman–Crippen LogP) is 2.73. The summed E-state index contributed by atoms with van der Waals surface area (Å²) in [5.41, 5.74) is 6.67. The lowest BCUT2D eigenvalue weighted by Gasteiger charge is -1.93. The number of hydrogen-bond donors (Lipinski definition) is 1. The summed E-state index contributed by atoms with van der Waals surface area (Å²) in [6, 6.07) is 10.2. The van der Waals surface area contributed by atoms with E-state index >= 15 is 0 Å². The molecule has 0 spiro atoms. The number of halogens is 1. The molecule has 0 saturated carbocycles. The molecule has 0 bridgehead atoms. The van der Waals surface area contributed by atoms with E-state index in [-0.39, 0.29) is 12.4 Å². The fraction of sp³-hybridized carbons (Fsp3) is 0.182. The first kappa shape index (κ1) is 12.2. The van der Waals surface area contributed by atoms with Crippen molar-refractivity contribution in [1.82, 2.24) is 4.98 Å². The van der Waals surface area contributed by atoms with Crippen LogP contribution in [0, 0.1) is 0 Å². The molecule has 0 saturated heterocycles. The Morgan fingerprint density at radius 2 is 1.93 bits per heavy atom. The van der Waals surface area contributed by atoms with Gasteiger partial charge in [-0.25, -0.2) is 4.98 Å². The lowest BCUT2D eigenvalue weighted by atomic mass is 10.2. The molecular weight excluding hydrogens is 228 g/mol. The summed E-state index contributed by atoms with van der Waals surface area (Å²) < 4.78 is 0. The lowest BCUT2D eigenvalue weighted by Crippen LogP contribution is -2.00. The molecule has 80 valence electrons. The van der Waals surface area contributed by atoms with Crippen LogP contribution in [0.15, 0.2) is 36.5 Å². The number of nitrogens with zero attached hydrogens (tertiary/aromatic N) is 1. The van der Waals surface area contributed by atoms with Gasteiger partial charge in [-0.2, -0.15) is 0 Å². The van der Waals surface area contributed by atoms with Crippen LogP contribution in [0.2, 0.25) is 0 Å². The maximum Gasteiger partial charge on any atom is 0.123 e. The van der Waals surface area contributed by atoms with Gasteiger partial charge in [-0.15, -0.1) is 23.7 Å². The van der Waals surface area contributed by atoms with E-state index in [1.54, 1.807) is 11.3 Å². The summed E-state index contributed by atoms with van der Waals surface area (Å²) in [7, 11) is 0. The molecule has 0 aliphatic carbocycles. The van der Waals surface area contributed by atoms with Crippen LogP contribution in [0.4, 0.5) is 0 Å². The fourth-order valence-electron chi connectivity index (χ4n) is 1.28. The van der Waals surface area contributed by atoms with Crippen LogP contribution in [0.1, 0.15) is 4.88 Å². The van der Waals surface area contributed by atoms with Gasteiger partial charge in [0.25, 0.3) is 0 Å². The Balaban J connectivity index is 0.00000112. The first-order chi connectivity index (χ1) is 6.90. The summed E-state index contributed by atoms with van der Waals surface area (Å²) >= 11 is 1.72. The van der Waals surface area contributed by atoms with Crippen molar-refractivity contribution in [2.75, 3.05) is 6.54 Å². The van der Waals surface area contributed by atoms with E-state index in [2.05, 4.69) is 17.1 Å². The Hall–Kier alpha value is -0.900. The molecule has 4 heteroatoms. The standard InChI is InChI=1S/C11H12N2S.ClH/c12-7-6-10-8-13-11(14-10)9-4-2-1-3-5-9;/h1-5,8H,6-7,12H2;1H. The molecule has 0 atom stereocenters. The number of nitrogens with two attached hydrogens (primary N) is 1. The minimum absolute atomic E-state index is 0. The summed E-state index contributed by atoms with van der Waals surface area (Å²) in [6.07, 6.45) is 2.84. The van der Waals surface area contributed by atoms with E-state index in [1.165, 1.54) is 10.4 Å². The van der Waals surface area contributed by atoms with Crippen molar-refractivity contribution in [3.05, 3.63) is 41.4 Å². The minimum Gasteiger partial charge on any atom is -0.330 e. The van der Waals surface area contributed by atoms with Crippen molar-refractivity contribution in [3.63, 3.8) is 0 Å². The Bertz CT molecular complexity index is 400. The first-order valence-electron chi connectivity index (χ1n) is 4.60. The van der Waals surface area contributed by atoms with Crippen molar-refractivity contribution < 1.29 is 0 Å². The highest BCUT2D eigenvalue weighted by molar-refractivity contribution is 7.15. The maximum absolute atomic E-state index is 5.49. The van der Waals surface area contributed by atoms with Crippen LogP contribution in [0.3, 0.4) is 0 Å². The molecule has 1 aromatic heterocycles. The van der Waals surface area contributed by atoms with E-state index in [4.69, 9.17) is 5.73 Å². The summed E-state index contributed by atoms with van der Waals surface area (Å²) in [4.78, 5) is 5.62. The van der Waals surface area contributed by atoms with E-state index < -0.39 is 0 Å². The van der Waals surface area contributed by atoms with E-state index in [0.717, 1.165) is 11.4 Å². The van der Waals surface area contributed by atoms with Gasteiger partial charge >= 0.3 is 0 Å². The molecule has 1 heterocycles. The Kier molecular flexibility index (Phi) is 4.75. The van der Waals surface area contributed by atoms with Crippen molar-refractivity contribution in [1.29, 1.82) is 0 Å². The monoisotopic (exact) mass is 240 g/mol. The molecule has 2 rings (SSSR count). The molecule has 0 aliphatic rings. The smallest absolute Gasteiger partial charge is 0.123 e. The second kappa shape index (κ2) is 5.85. The fourth-order valence-corrected chi connectivity index (χ4v) is 2.21. The molecule has 2 aromatic rings. The van der Waals surface area contributed by atoms with Gasteiger partial charge in [-0.1, -0.05) is 30.3 Å². The highest BCUT2D eigenvalue weighted by Gasteiger charge is 2.02. The van der Waals surface area contributed by atoms with Crippen LogP contribution in [0.5, 0.6) is 0 Å². The normalized spacial score (nSPS) is 9.67. The average Bonchev–Trinajstić information content (AvgIpc) is 2.68. The molecule has 0 fully saturated rings. The van der Waals surface area contributed by atoms with Crippen molar-refractivity contribution in [3.8, 4) is 10.6 Å². The molecule has 0 amide bonds. The number of hydrogen-bond acceptors (Lipinski definition) is 3. The Labute approximate surface area is 99.6 Å². The molecule has 2 N–H and O–H groups in total. The summed E-state index contributed by atoms with van der Waals surface area (Å²) in [6.45, 7) is 0.691. The lowest BCUT2D eigenvalue weighted by molar-refractivity contribution is 0.984. The van der Waals surface area contributed by atoms with E-state index in [0.29, 0.717) is 6.54 Å². The van der Waals surface area contributed by atoms with Crippen LogP contribution < -0.4 is 5.73 Å². The van der Waals surface area contributed by atoms with Crippen LogP contribution >= 0.6 is 23.7 Å². The predicted molar refractivity (Wildman–Crippen MR) is 67.6 cm³/mol. The maximum atomic E-state index is 5.49. The third kappa shape index (κ3) is 3.02. The Morgan fingerprint density at radius 1 is 1.20 bits per heavy atom. The molecule has 15 heavy (non-hydrogen) atoms. The highest BCUT2D eigenvalue weighted by Crippen LogP contribution is 2.24. The molecule has 2 nitrogen and oxygen atoms in total. The highest BCUT2D eigenvalue weighted by atomic mass is 35.5. The van der Waals surface area contributed by atoms with Crippen molar-refractivity contribution >= 4 is 23.7 Å². The topological polar surface area (TPSA) is 38.9 Å². The summed E-state index contributed by atoms with van der Waals surface area (Å²) in [5, 5.41) is 1.08. The largest absolute Gasteiger partial charge is 0.330 e. The number of rotatable bonds is 3. The van der Waals surface area contributed by atoms with E-state index in [1.807, 2.05) is 24.4 Å². The zero-order valence-electron chi connectivity index (χ0n) is 8.22. The molecule has 0 unspecified atom stereocenters. The van der Waals surface area contributed by atoms with Gasteiger partial charge < -0.3 is 5.73 Å². The number of benzene rings is 1. The minimum atomic E-state index is 0. The van der Waals surface area contributed by atoms with Gasteiger partial charge in [0.15, 0.2) is 0 Å². The van der Waals surface area contributed by atoms with Gasteiger partial charge in [-0.3, -0.25) is 0 Å². The van der Waals surface area contributed by atoms with Crippen LogP contribution in [-0.2, 0) is 6.42 Å². The molecule has 0 radical (unpaired) electrons. The van der Waals surface area contributed by atoms with Gasteiger partial charge in [0.05, 0.1) is 0 Å². The third-order valence-electron chi connectivity index (χ3n) is 1.97. The zero-order chi connectivity index (χ0) is 9.80. The number of thiazole rings is 1. The molecule has 1 aromatic carbocycles.